The van der Waals surface area contributed by atoms with Crippen molar-refractivity contribution in [3.63, 3.8) is 0 Å². The van der Waals surface area contributed by atoms with Crippen LogP contribution in [0.2, 0.25) is 0 Å². The van der Waals surface area contributed by atoms with Gasteiger partial charge in [0.15, 0.2) is 11.5 Å². The Hall–Kier alpha value is -2.83. The first kappa shape index (κ1) is 17.5. The van der Waals surface area contributed by atoms with Gasteiger partial charge in [0.2, 0.25) is 0 Å². The van der Waals surface area contributed by atoms with E-state index >= 15 is 0 Å². The molecule has 2 N–H and O–H groups in total. The number of esters is 1. The molecule has 1 aliphatic rings. The maximum Gasteiger partial charge on any atom is 0.314 e. The van der Waals surface area contributed by atoms with Gasteiger partial charge in [0, 0.05) is 12.0 Å². The van der Waals surface area contributed by atoms with Crippen LogP contribution < -0.4 is 0 Å². The number of ether oxygens (including phenoxy) is 2. The summed E-state index contributed by atoms with van der Waals surface area (Å²) in [4.78, 5) is 34.6. The second-order valence-electron chi connectivity index (χ2n) is 5.51. The largest absolute Gasteiger partial charge is 0.504 e. The van der Waals surface area contributed by atoms with E-state index in [0.717, 1.165) is 0 Å². The topological polar surface area (TPSA) is 110 Å². The fraction of sp³-hybridized carbons (Fsp3) is 0.353. The Bertz CT molecular complexity index is 665. The van der Waals surface area contributed by atoms with E-state index in [1.54, 1.807) is 13.0 Å². The Balaban J connectivity index is 2.00. The zero-order valence-electron chi connectivity index (χ0n) is 13.0. The summed E-state index contributed by atoms with van der Waals surface area (Å²) in [6, 6.07) is 4.29. The Labute approximate surface area is 138 Å². The highest BCUT2D eigenvalue weighted by Crippen LogP contribution is 2.29. The lowest BCUT2D eigenvalue weighted by atomic mass is 9.83. The Morgan fingerprint density at radius 2 is 2.04 bits per heavy atom. The summed E-state index contributed by atoms with van der Waals surface area (Å²) in [7, 11) is 0. The van der Waals surface area contributed by atoms with E-state index in [-0.39, 0.29) is 23.7 Å². The molecule has 128 valence electrons. The molecule has 7 heteroatoms. The van der Waals surface area contributed by atoms with Crippen LogP contribution in [0.5, 0.6) is 11.5 Å². The maximum absolute atomic E-state index is 12.3. The molecule has 1 heterocycles. The average Bonchev–Trinajstić information content (AvgIpc) is 2.57. The van der Waals surface area contributed by atoms with Crippen molar-refractivity contribution in [1.82, 2.24) is 0 Å². The molecule has 7 nitrogen and oxygen atoms in total. The molecule has 1 aromatic carbocycles. The molecule has 0 bridgehead atoms. The van der Waals surface area contributed by atoms with Crippen LogP contribution in [0, 0.1) is 11.8 Å². The van der Waals surface area contributed by atoms with Gasteiger partial charge in [-0.2, -0.15) is 0 Å². The van der Waals surface area contributed by atoms with Crippen molar-refractivity contribution in [2.75, 3.05) is 6.61 Å². The summed E-state index contributed by atoms with van der Waals surface area (Å²) in [5, 5.41) is 18.7. The second kappa shape index (κ2) is 7.63. The molecular weight excluding hydrogens is 316 g/mol. The zero-order chi connectivity index (χ0) is 17.7. The number of hydrogen-bond acceptors (Lipinski definition) is 7. The molecule has 2 rings (SSSR count). The van der Waals surface area contributed by atoms with Gasteiger partial charge >= 0.3 is 5.97 Å². The monoisotopic (exact) mass is 334 g/mol. The van der Waals surface area contributed by atoms with Crippen LogP contribution in [-0.2, 0) is 30.3 Å². The lowest BCUT2D eigenvalue weighted by Crippen LogP contribution is -2.39. The third kappa shape index (κ3) is 3.73. The molecule has 1 aliphatic heterocycles. The Morgan fingerprint density at radius 1 is 1.29 bits per heavy atom. The summed E-state index contributed by atoms with van der Waals surface area (Å²) < 4.78 is 10.4. The highest BCUT2D eigenvalue weighted by molar-refractivity contribution is 5.89. The van der Waals surface area contributed by atoms with Crippen LogP contribution in [0.4, 0.5) is 0 Å². The van der Waals surface area contributed by atoms with Crippen LogP contribution in [0.3, 0.4) is 0 Å². The summed E-state index contributed by atoms with van der Waals surface area (Å²) in [5.74, 6) is -2.95. The van der Waals surface area contributed by atoms with Crippen molar-refractivity contribution in [1.29, 1.82) is 0 Å². The Morgan fingerprint density at radius 3 is 2.67 bits per heavy atom. The molecule has 1 aromatic rings. The van der Waals surface area contributed by atoms with Crippen molar-refractivity contribution < 1.29 is 34.1 Å². The lowest BCUT2D eigenvalue weighted by Gasteiger charge is -2.30. The highest BCUT2D eigenvalue weighted by Gasteiger charge is 2.40. The van der Waals surface area contributed by atoms with Gasteiger partial charge in [-0.05, 0) is 24.6 Å². The first-order chi connectivity index (χ1) is 11.5. The second-order valence-corrected chi connectivity index (χ2v) is 5.51. The summed E-state index contributed by atoms with van der Waals surface area (Å²) in [5.41, 5.74) is 0.731. The maximum atomic E-state index is 12.3. The normalized spacial score (nSPS) is 22.9. The van der Waals surface area contributed by atoms with Crippen molar-refractivity contribution in [3.05, 3.63) is 35.6 Å². The number of benzene rings is 1. The van der Waals surface area contributed by atoms with Crippen LogP contribution in [0.1, 0.15) is 12.5 Å². The Kier molecular flexibility index (Phi) is 5.57. The predicted octanol–water partition coefficient (Wildman–Crippen LogP) is 1.12. The number of aldehydes is 2. The number of phenolic OH excluding ortho intramolecular Hbond substituents is 2. The summed E-state index contributed by atoms with van der Waals surface area (Å²) >= 11 is 0. The van der Waals surface area contributed by atoms with Crippen LogP contribution in [0.15, 0.2) is 30.0 Å². The fourth-order valence-electron chi connectivity index (χ4n) is 2.51. The molecule has 3 atom stereocenters. The molecule has 0 fully saturated rings. The van der Waals surface area contributed by atoms with Gasteiger partial charge in [0.25, 0.3) is 0 Å². The van der Waals surface area contributed by atoms with Crippen LogP contribution in [-0.4, -0.2) is 41.5 Å². The molecule has 0 aliphatic carbocycles. The van der Waals surface area contributed by atoms with E-state index in [1.807, 2.05) is 0 Å². The zero-order valence-corrected chi connectivity index (χ0v) is 13.0. The number of rotatable bonds is 6. The molecule has 0 aromatic heterocycles. The molecular formula is C17H18O7. The van der Waals surface area contributed by atoms with Gasteiger partial charge < -0.3 is 24.5 Å². The predicted molar refractivity (Wildman–Crippen MR) is 82.2 cm³/mol. The minimum Gasteiger partial charge on any atom is -0.504 e. The van der Waals surface area contributed by atoms with Gasteiger partial charge in [-0.3, -0.25) is 9.59 Å². The fourth-order valence-corrected chi connectivity index (χ4v) is 2.51. The van der Waals surface area contributed by atoms with Gasteiger partial charge in [-0.1, -0.05) is 6.07 Å². The average molecular weight is 334 g/mol. The van der Waals surface area contributed by atoms with E-state index in [4.69, 9.17) is 9.47 Å². The van der Waals surface area contributed by atoms with E-state index in [2.05, 4.69) is 0 Å². The molecule has 0 saturated carbocycles. The van der Waals surface area contributed by atoms with Gasteiger partial charge in [-0.15, -0.1) is 0 Å². The number of carbonyl (C=O) groups excluding carboxylic acids is 3. The number of hydrogen-bond donors (Lipinski definition) is 2. The van der Waals surface area contributed by atoms with Crippen molar-refractivity contribution in [3.8, 4) is 11.5 Å². The molecule has 24 heavy (non-hydrogen) atoms. The minimum atomic E-state index is -0.989. The molecule has 0 unspecified atom stereocenters. The van der Waals surface area contributed by atoms with Crippen LogP contribution in [0.25, 0.3) is 0 Å². The van der Waals surface area contributed by atoms with E-state index in [0.29, 0.717) is 24.6 Å². The third-order valence-electron chi connectivity index (χ3n) is 3.93. The molecule has 0 spiro atoms. The first-order valence-electron chi connectivity index (χ1n) is 7.41. The molecule has 0 saturated heterocycles. The minimum absolute atomic E-state index is 0.00645. The van der Waals surface area contributed by atoms with Gasteiger partial charge in [-0.25, -0.2) is 0 Å². The SMILES string of the molecule is C[C@@H]1OC=C(C=O)[C@@H](C(=O)OCCc2ccc(O)c(O)c2)[C@@H]1C=O. The lowest BCUT2D eigenvalue weighted by molar-refractivity contribution is -0.153. The standard InChI is InChI=1S/C17H18O7/c1-10-13(8-19)16(12(7-18)9-24-10)17(22)23-5-4-11-2-3-14(20)15(21)6-11/h2-3,6-10,13,16,20-21H,4-5H2,1H3/t10-,13+,16+/m0/s1. The van der Waals surface area contributed by atoms with E-state index in [9.17, 15) is 24.6 Å². The third-order valence-corrected chi connectivity index (χ3v) is 3.93. The van der Waals surface area contributed by atoms with Gasteiger partial charge in [0.1, 0.15) is 24.6 Å². The first-order valence-corrected chi connectivity index (χ1v) is 7.41. The number of carbonyl (C=O) groups is 3. The summed E-state index contributed by atoms with van der Waals surface area (Å²) in [6.07, 6.45) is 2.03. The highest BCUT2D eigenvalue weighted by atomic mass is 16.5. The molecule has 0 radical (unpaired) electrons. The summed E-state index contributed by atoms with van der Waals surface area (Å²) in [6.45, 7) is 1.64. The van der Waals surface area contributed by atoms with Gasteiger partial charge in [0.05, 0.1) is 18.8 Å². The smallest absolute Gasteiger partial charge is 0.314 e. The van der Waals surface area contributed by atoms with Crippen molar-refractivity contribution in [2.24, 2.45) is 11.8 Å². The van der Waals surface area contributed by atoms with Crippen molar-refractivity contribution in [2.45, 2.75) is 19.4 Å². The van der Waals surface area contributed by atoms with Crippen molar-refractivity contribution >= 4 is 18.5 Å². The number of aromatic hydroxyl groups is 2. The van der Waals surface area contributed by atoms with Crippen LogP contribution >= 0.6 is 0 Å². The number of phenols is 2. The molecule has 0 amide bonds. The quantitative estimate of drug-likeness (QED) is 0.455. The van der Waals surface area contributed by atoms with E-state index < -0.39 is 23.9 Å². The van der Waals surface area contributed by atoms with E-state index in [1.165, 1.54) is 18.4 Å².